The first-order valence-corrected chi connectivity index (χ1v) is 6.18. The first-order valence-electron chi connectivity index (χ1n) is 6.18. The summed E-state index contributed by atoms with van der Waals surface area (Å²) < 4.78 is 5.35. The minimum Gasteiger partial charge on any atom is -0.444 e. The van der Waals surface area contributed by atoms with Crippen LogP contribution in [0.4, 0.5) is 4.79 Å². The van der Waals surface area contributed by atoms with Gasteiger partial charge in [-0.15, -0.1) is 0 Å². The van der Waals surface area contributed by atoms with E-state index >= 15 is 0 Å². The number of hydrogen-bond acceptors (Lipinski definition) is 3. The molecule has 0 bridgehead atoms. The van der Waals surface area contributed by atoms with Gasteiger partial charge in [0.15, 0.2) is 0 Å². The van der Waals surface area contributed by atoms with Crippen molar-refractivity contribution in [2.24, 2.45) is 0 Å². The summed E-state index contributed by atoms with van der Waals surface area (Å²) in [6.07, 6.45) is 3.47. The fourth-order valence-corrected chi connectivity index (χ4v) is 1.97. The van der Waals surface area contributed by atoms with Crippen molar-refractivity contribution < 1.29 is 9.53 Å². The van der Waals surface area contributed by atoms with E-state index in [-0.39, 0.29) is 11.7 Å². The summed E-state index contributed by atoms with van der Waals surface area (Å²) in [6.45, 7) is 7.33. The van der Waals surface area contributed by atoms with Crippen molar-refractivity contribution in [1.29, 1.82) is 0 Å². The maximum atomic E-state index is 11.8. The van der Waals surface area contributed by atoms with Crippen LogP contribution in [0.1, 0.15) is 40.0 Å². The average Bonchev–Trinajstić information content (AvgIpc) is 2.78. The van der Waals surface area contributed by atoms with Gasteiger partial charge in [-0.1, -0.05) is 0 Å². The van der Waals surface area contributed by atoms with Gasteiger partial charge in [0, 0.05) is 25.2 Å². The molecule has 2 fully saturated rings. The monoisotopic (exact) mass is 226 g/mol. The Morgan fingerprint density at radius 2 is 1.94 bits per heavy atom. The molecule has 1 heterocycles. The Kier molecular flexibility index (Phi) is 3.10. The lowest BCUT2D eigenvalue weighted by atomic mass is 10.2. The first-order chi connectivity index (χ1) is 7.44. The number of carbonyl (C=O) groups excluding carboxylic acids is 1. The van der Waals surface area contributed by atoms with Crippen molar-refractivity contribution in [3.8, 4) is 0 Å². The molecule has 4 nitrogen and oxygen atoms in total. The zero-order valence-corrected chi connectivity index (χ0v) is 10.5. The van der Waals surface area contributed by atoms with Gasteiger partial charge in [0.05, 0.1) is 0 Å². The minimum atomic E-state index is -0.390. The lowest BCUT2D eigenvalue weighted by Crippen LogP contribution is -2.38. The van der Waals surface area contributed by atoms with E-state index in [1.165, 1.54) is 12.8 Å². The molecule has 1 N–H and O–H groups in total. The SMILES string of the molecule is CC(C)(C)OC(=O)N1CC[C@@H](NC2CC2)C1. The second kappa shape index (κ2) is 4.24. The fraction of sp³-hybridized carbons (Fsp3) is 0.917. The topological polar surface area (TPSA) is 41.6 Å². The van der Waals surface area contributed by atoms with Crippen LogP contribution in [-0.4, -0.2) is 41.8 Å². The lowest BCUT2D eigenvalue weighted by Gasteiger charge is -2.24. The van der Waals surface area contributed by atoms with Crippen LogP contribution in [0.5, 0.6) is 0 Å². The molecule has 1 aliphatic carbocycles. The van der Waals surface area contributed by atoms with E-state index in [2.05, 4.69) is 5.32 Å². The van der Waals surface area contributed by atoms with Crippen LogP contribution < -0.4 is 5.32 Å². The van der Waals surface area contributed by atoms with Crippen molar-refractivity contribution in [3.63, 3.8) is 0 Å². The molecule has 1 saturated heterocycles. The van der Waals surface area contributed by atoms with Gasteiger partial charge in [-0.3, -0.25) is 0 Å². The molecule has 1 saturated carbocycles. The van der Waals surface area contributed by atoms with Crippen LogP contribution in [0.15, 0.2) is 0 Å². The number of amides is 1. The lowest BCUT2D eigenvalue weighted by molar-refractivity contribution is 0.0291. The number of nitrogens with one attached hydrogen (secondary N) is 1. The Balaban J connectivity index is 1.76. The summed E-state index contributed by atoms with van der Waals surface area (Å²) in [5, 5.41) is 3.55. The molecule has 1 amide bonds. The fourth-order valence-electron chi connectivity index (χ4n) is 1.97. The van der Waals surface area contributed by atoms with Gasteiger partial charge in [0.2, 0.25) is 0 Å². The summed E-state index contributed by atoms with van der Waals surface area (Å²) in [7, 11) is 0. The average molecular weight is 226 g/mol. The van der Waals surface area contributed by atoms with Crippen molar-refractivity contribution in [2.45, 2.75) is 57.7 Å². The van der Waals surface area contributed by atoms with Gasteiger partial charge in [-0.25, -0.2) is 4.79 Å². The maximum Gasteiger partial charge on any atom is 0.410 e. The van der Waals surface area contributed by atoms with Gasteiger partial charge in [-0.05, 0) is 40.0 Å². The standard InChI is InChI=1S/C12H22N2O2/c1-12(2,3)16-11(15)14-7-6-10(8-14)13-9-4-5-9/h9-10,13H,4-8H2,1-3H3/t10-/m1/s1. The highest BCUT2D eigenvalue weighted by Gasteiger charge is 2.32. The van der Waals surface area contributed by atoms with E-state index < -0.39 is 0 Å². The molecule has 0 spiro atoms. The van der Waals surface area contributed by atoms with Crippen molar-refractivity contribution in [1.82, 2.24) is 10.2 Å². The Labute approximate surface area is 97.3 Å². The quantitative estimate of drug-likeness (QED) is 0.780. The highest BCUT2D eigenvalue weighted by Crippen LogP contribution is 2.22. The van der Waals surface area contributed by atoms with E-state index in [1.807, 2.05) is 25.7 Å². The summed E-state index contributed by atoms with van der Waals surface area (Å²) in [6, 6.07) is 1.18. The molecule has 0 aromatic heterocycles. The van der Waals surface area contributed by atoms with Crippen LogP contribution in [0, 0.1) is 0 Å². The molecule has 1 atom stereocenters. The third-order valence-corrected chi connectivity index (χ3v) is 2.89. The summed E-state index contributed by atoms with van der Waals surface area (Å²) >= 11 is 0. The van der Waals surface area contributed by atoms with Crippen molar-refractivity contribution in [2.75, 3.05) is 13.1 Å². The van der Waals surface area contributed by atoms with E-state index in [9.17, 15) is 4.79 Å². The summed E-state index contributed by atoms with van der Waals surface area (Å²) in [5.74, 6) is 0. The normalized spacial score (nSPS) is 25.9. The molecule has 16 heavy (non-hydrogen) atoms. The summed E-state index contributed by atoms with van der Waals surface area (Å²) in [5.41, 5.74) is -0.390. The van der Waals surface area contributed by atoms with Crippen LogP contribution in [0.25, 0.3) is 0 Å². The van der Waals surface area contributed by atoms with Crippen LogP contribution >= 0.6 is 0 Å². The number of carbonyl (C=O) groups is 1. The molecule has 4 heteroatoms. The molecule has 2 aliphatic rings. The molecule has 92 valence electrons. The second-order valence-corrected chi connectivity index (χ2v) is 5.85. The second-order valence-electron chi connectivity index (χ2n) is 5.85. The number of nitrogens with zero attached hydrogens (tertiary/aromatic N) is 1. The maximum absolute atomic E-state index is 11.8. The van der Waals surface area contributed by atoms with Gasteiger partial charge in [0.1, 0.15) is 5.60 Å². The highest BCUT2D eigenvalue weighted by molar-refractivity contribution is 5.68. The van der Waals surface area contributed by atoms with E-state index in [0.717, 1.165) is 19.5 Å². The van der Waals surface area contributed by atoms with E-state index in [0.29, 0.717) is 12.1 Å². The molecule has 0 radical (unpaired) electrons. The third kappa shape index (κ3) is 3.37. The Morgan fingerprint density at radius 1 is 1.25 bits per heavy atom. The molecule has 0 unspecified atom stereocenters. The Hall–Kier alpha value is -0.770. The number of hydrogen-bond donors (Lipinski definition) is 1. The van der Waals surface area contributed by atoms with E-state index in [4.69, 9.17) is 4.74 Å². The largest absolute Gasteiger partial charge is 0.444 e. The zero-order valence-electron chi connectivity index (χ0n) is 10.5. The first kappa shape index (κ1) is 11.7. The Morgan fingerprint density at radius 3 is 2.50 bits per heavy atom. The van der Waals surface area contributed by atoms with Gasteiger partial charge >= 0.3 is 6.09 Å². The van der Waals surface area contributed by atoms with Crippen LogP contribution in [0.3, 0.4) is 0 Å². The summed E-state index contributed by atoms with van der Waals surface area (Å²) in [4.78, 5) is 13.6. The predicted octanol–water partition coefficient (Wildman–Crippen LogP) is 1.75. The molecule has 0 aromatic rings. The minimum absolute atomic E-state index is 0.174. The molecule has 0 aromatic carbocycles. The number of likely N-dealkylation sites (tertiary alicyclic amines) is 1. The molecule has 2 rings (SSSR count). The van der Waals surface area contributed by atoms with Gasteiger partial charge in [0.25, 0.3) is 0 Å². The van der Waals surface area contributed by atoms with E-state index in [1.54, 1.807) is 0 Å². The smallest absolute Gasteiger partial charge is 0.410 e. The third-order valence-electron chi connectivity index (χ3n) is 2.89. The number of ether oxygens (including phenoxy) is 1. The molecule has 1 aliphatic heterocycles. The van der Waals surface area contributed by atoms with Gasteiger partial charge in [-0.2, -0.15) is 0 Å². The zero-order chi connectivity index (χ0) is 11.8. The predicted molar refractivity (Wildman–Crippen MR) is 62.4 cm³/mol. The van der Waals surface area contributed by atoms with Crippen LogP contribution in [0.2, 0.25) is 0 Å². The van der Waals surface area contributed by atoms with Crippen molar-refractivity contribution >= 4 is 6.09 Å². The van der Waals surface area contributed by atoms with Crippen LogP contribution in [-0.2, 0) is 4.74 Å². The van der Waals surface area contributed by atoms with Crippen molar-refractivity contribution in [3.05, 3.63) is 0 Å². The highest BCUT2D eigenvalue weighted by atomic mass is 16.6. The van der Waals surface area contributed by atoms with Gasteiger partial charge < -0.3 is 15.0 Å². The molecular formula is C12H22N2O2. The number of rotatable bonds is 2. The molecular weight excluding hydrogens is 204 g/mol. The Bertz CT molecular complexity index is 269.